The van der Waals surface area contributed by atoms with Crippen LogP contribution < -0.4 is 26.9 Å². The minimum Gasteiger partial charge on any atom is -0.508 e. The first-order chi connectivity index (χ1) is 31.6. The van der Waals surface area contributed by atoms with Crippen molar-refractivity contribution in [2.45, 2.75) is 20.0 Å². The summed E-state index contributed by atoms with van der Waals surface area (Å²) in [5.41, 5.74) is 8.79. The Morgan fingerprint density at radius 1 is 0.742 bits per heavy atom. The van der Waals surface area contributed by atoms with Gasteiger partial charge in [-0.1, -0.05) is 12.1 Å². The number of amides is 1. The van der Waals surface area contributed by atoms with Crippen molar-refractivity contribution in [1.82, 2.24) is 14.5 Å². The summed E-state index contributed by atoms with van der Waals surface area (Å²) in [7, 11) is 3.33. The number of benzene rings is 4. The highest BCUT2D eigenvalue weighted by Gasteiger charge is 2.39. The Morgan fingerprint density at radius 2 is 1.36 bits per heavy atom. The molecule has 0 saturated heterocycles. The predicted octanol–water partition coefficient (Wildman–Crippen LogP) is 10.4. The Bertz CT molecular complexity index is 3300. The molecule has 1 aliphatic heterocycles. The molecule has 10 rings (SSSR count). The quantitative estimate of drug-likeness (QED) is 0.110. The van der Waals surface area contributed by atoms with Crippen molar-refractivity contribution in [3.8, 4) is 32.6 Å². The van der Waals surface area contributed by atoms with Gasteiger partial charge in [-0.2, -0.15) is 0 Å². The second-order valence-electron chi connectivity index (χ2n) is 14.3. The number of nitrogens with two attached hydrogens (primary N) is 1. The Hall–Kier alpha value is -7.32. The van der Waals surface area contributed by atoms with E-state index in [0.717, 1.165) is 57.8 Å². The van der Waals surface area contributed by atoms with Crippen LogP contribution in [0.5, 0.6) is 11.5 Å². The van der Waals surface area contributed by atoms with Crippen molar-refractivity contribution in [2.75, 3.05) is 22.6 Å². The van der Waals surface area contributed by atoms with E-state index in [4.69, 9.17) is 10.8 Å². The van der Waals surface area contributed by atoms with Crippen LogP contribution in [0, 0.1) is 25.5 Å². The molecule has 5 aromatic heterocycles. The molecule has 1 unspecified atom stereocenters. The molecule has 4 aromatic carbocycles. The molecule has 13 nitrogen and oxygen atoms in total. The van der Waals surface area contributed by atoms with Gasteiger partial charge in [-0.3, -0.25) is 19.1 Å². The minimum absolute atomic E-state index is 0.0570. The number of phenols is 2. The Kier molecular flexibility index (Phi) is 14.3. The van der Waals surface area contributed by atoms with Crippen LogP contribution in [0.3, 0.4) is 0 Å². The van der Waals surface area contributed by atoms with E-state index in [-0.39, 0.29) is 28.4 Å². The highest BCUT2D eigenvalue weighted by atomic mass is 32.1. The topological polar surface area (TPSA) is 185 Å². The normalized spacial score (nSPS) is 12.9. The molecule has 4 N–H and O–H groups in total. The number of fused-ring (bicyclic) bond motifs is 2. The van der Waals surface area contributed by atoms with E-state index >= 15 is 0 Å². The van der Waals surface area contributed by atoms with Crippen LogP contribution in [0.25, 0.3) is 32.0 Å². The average Bonchev–Trinajstić information content (AvgIpc) is 4.13. The fourth-order valence-electron chi connectivity index (χ4n) is 6.68. The molecule has 336 valence electrons. The molecule has 1 aliphatic rings. The second kappa shape index (κ2) is 20.2. The van der Waals surface area contributed by atoms with Crippen molar-refractivity contribution in [2.24, 2.45) is 7.05 Å². The average molecular weight is 965 g/mol. The summed E-state index contributed by atoms with van der Waals surface area (Å²) < 4.78 is 32.3. The number of carbonyl (C=O) groups is 2. The Morgan fingerprint density at radius 3 is 1.95 bits per heavy atom. The molecule has 1 atom stereocenters. The predicted molar refractivity (Wildman–Crippen MR) is 258 cm³/mol. The number of nitrogen functional groups attached to an aromatic ring is 1. The van der Waals surface area contributed by atoms with Crippen LogP contribution in [0.2, 0.25) is 0 Å². The van der Waals surface area contributed by atoms with E-state index in [2.05, 4.69) is 14.4 Å². The van der Waals surface area contributed by atoms with E-state index in [0.29, 0.717) is 22.6 Å². The number of rotatable bonds is 5. The highest BCUT2D eigenvalue weighted by Crippen LogP contribution is 2.44. The van der Waals surface area contributed by atoms with Gasteiger partial charge < -0.3 is 25.3 Å². The SMILES string of the molecule is Cc1nc(-c2ccc(C3N(C)c4ccc(F)cc4C(=O)N3c3cccc(O)c3)s2)cs1.Cc1nc(-c2ccc(C=O)s2)cs1.Cn1c(=O)oc(=O)c2cc(F)ccc21.Nc1cccc(O)c1. The summed E-state index contributed by atoms with van der Waals surface area (Å²) >= 11 is 6.26. The summed E-state index contributed by atoms with van der Waals surface area (Å²) in [4.78, 5) is 62.4. The lowest BCUT2D eigenvalue weighted by molar-refractivity contribution is 0.0969. The standard InChI is InChI=1S/C23H18FN3O2S2.C9H6FNO3.C9H7NOS2.C6H7NO/c1-13-25-18(12-30-13)20-8-9-21(31-20)22-26(2)19-7-6-14(24)10-17(19)23(29)27(22)15-4-3-5-16(28)11-15;1-11-7-3-2-5(10)4-6(7)8(12)14-9(11)13;1-6-10-8(5-12-6)9-3-2-7(4-11)13-9;7-5-2-1-3-6(8)4-5/h3-12,22,28H,1-2H3;2-4H,1H3;2-5H,1H3;1-4,8H,7H2. The van der Waals surface area contributed by atoms with Crippen LogP contribution in [0.1, 0.15) is 41.1 Å². The van der Waals surface area contributed by atoms with E-state index in [9.17, 15) is 33.1 Å². The molecule has 0 saturated carbocycles. The summed E-state index contributed by atoms with van der Waals surface area (Å²) in [6.07, 6.45) is 0.415. The van der Waals surface area contributed by atoms with Gasteiger partial charge in [0.05, 0.1) is 63.9 Å². The Balaban J connectivity index is 0.000000152. The van der Waals surface area contributed by atoms with Crippen LogP contribution in [-0.2, 0) is 7.05 Å². The largest absolute Gasteiger partial charge is 0.508 e. The van der Waals surface area contributed by atoms with Crippen molar-refractivity contribution in [1.29, 1.82) is 0 Å². The van der Waals surface area contributed by atoms with Gasteiger partial charge in [-0.15, -0.1) is 45.3 Å². The summed E-state index contributed by atoms with van der Waals surface area (Å²) in [5.74, 6) is -1.81. The van der Waals surface area contributed by atoms with Gasteiger partial charge in [0.1, 0.15) is 29.3 Å². The van der Waals surface area contributed by atoms with Crippen LogP contribution in [0.15, 0.2) is 134 Å². The third-order valence-corrected chi connectivity index (χ3v) is 13.5. The molecule has 0 fully saturated rings. The summed E-state index contributed by atoms with van der Waals surface area (Å²) in [5, 5.41) is 24.9. The lowest BCUT2D eigenvalue weighted by atomic mass is 10.0. The lowest BCUT2D eigenvalue weighted by Gasteiger charge is -2.43. The number of aryl methyl sites for hydroxylation is 3. The molecule has 0 aliphatic carbocycles. The lowest BCUT2D eigenvalue weighted by Crippen LogP contribution is -2.48. The second-order valence-corrected chi connectivity index (χ2v) is 18.7. The molecule has 66 heavy (non-hydrogen) atoms. The molecule has 1 amide bonds. The first-order valence-corrected chi connectivity index (χ1v) is 23.0. The maximum atomic E-state index is 14.0. The molecular weight excluding hydrogens is 927 g/mol. The molecule has 0 bridgehead atoms. The number of hydrogen-bond donors (Lipinski definition) is 3. The molecule has 9 aromatic rings. The zero-order chi connectivity index (χ0) is 47.2. The maximum absolute atomic E-state index is 14.0. The number of carbonyl (C=O) groups excluding carboxylic acids is 2. The first-order valence-electron chi connectivity index (χ1n) is 19.6. The number of aldehydes is 1. The molecule has 19 heteroatoms. The van der Waals surface area contributed by atoms with E-state index in [1.54, 1.807) is 87.4 Å². The van der Waals surface area contributed by atoms with Crippen molar-refractivity contribution >= 4 is 85.5 Å². The highest BCUT2D eigenvalue weighted by molar-refractivity contribution is 7.17. The van der Waals surface area contributed by atoms with Gasteiger partial charge in [0.15, 0.2) is 6.29 Å². The van der Waals surface area contributed by atoms with Gasteiger partial charge in [0, 0.05) is 47.6 Å². The smallest absolute Gasteiger partial charge is 0.422 e. The molecular formula is C47H38F2N6O7S4. The minimum atomic E-state index is -0.817. The molecule has 0 spiro atoms. The molecule has 6 heterocycles. The number of thiazole rings is 2. The number of aromatic hydroxyl groups is 2. The summed E-state index contributed by atoms with van der Waals surface area (Å²) in [6, 6.07) is 28.7. The van der Waals surface area contributed by atoms with Gasteiger partial charge >= 0.3 is 11.4 Å². The number of halogens is 2. The van der Waals surface area contributed by atoms with Crippen LogP contribution >= 0.6 is 45.3 Å². The number of anilines is 3. The zero-order valence-electron chi connectivity index (χ0n) is 35.3. The van der Waals surface area contributed by atoms with Gasteiger partial charge in [0.2, 0.25) is 0 Å². The number of phenolic OH excluding ortho intramolecular Hbond substituents is 2. The van der Waals surface area contributed by atoms with Gasteiger partial charge in [-0.05, 0) is 98.8 Å². The third kappa shape index (κ3) is 10.6. The van der Waals surface area contributed by atoms with E-state index < -0.39 is 29.2 Å². The van der Waals surface area contributed by atoms with Crippen molar-refractivity contribution in [3.63, 3.8) is 0 Å². The number of hydrogen-bond acceptors (Lipinski definition) is 15. The summed E-state index contributed by atoms with van der Waals surface area (Å²) in [6.45, 7) is 3.94. The fraction of sp³-hybridized carbons (Fsp3) is 0.106. The van der Waals surface area contributed by atoms with Gasteiger partial charge in [-0.25, -0.2) is 28.3 Å². The zero-order valence-corrected chi connectivity index (χ0v) is 38.6. The first kappa shape index (κ1) is 46.7. The Labute approximate surface area is 391 Å². The van der Waals surface area contributed by atoms with E-state index in [1.165, 1.54) is 48.7 Å². The molecule has 0 radical (unpaired) electrons. The number of nitrogens with zero attached hydrogens (tertiary/aromatic N) is 5. The number of aromatic nitrogens is 3. The monoisotopic (exact) mass is 964 g/mol. The fourth-order valence-corrected chi connectivity index (χ4v) is 9.94. The third-order valence-electron chi connectivity index (χ3n) is 9.74. The maximum Gasteiger partial charge on any atom is 0.422 e. The van der Waals surface area contributed by atoms with E-state index in [1.807, 2.05) is 60.8 Å². The van der Waals surface area contributed by atoms with Crippen molar-refractivity contribution < 1.29 is 33.0 Å². The van der Waals surface area contributed by atoms with Crippen molar-refractivity contribution in [3.05, 3.63) is 178 Å². The van der Waals surface area contributed by atoms with Crippen LogP contribution in [0.4, 0.5) is 25.8 Å². The number of thiophene rings is 2. The van der Waals surface area contributed by atoms with Gasteiger partial charge in [0.25, 0.3) is 5.91 Å². The van der Waals surface area contributed by atoms with Crippen LogP contribution in [-0.4, -0.2) is 44.0 Å².